The van der Waals surface area contributed by atoms with Crippen molar-refractivity contribution >= 4 is 17.3 Å². The van der Waals surface area contributed by atoms with Gasteiger partial charge < -0.3 is 11.1 Å². The van der Waals surface area contributed by atoms with Crippen molar-refractivity contribution in [1.82, 2.24) is 9.97 Å². The van der Waals surface area contributed by atoms with E-state index < -0.39 is 0 Å². The van der Waals surface area contributed by atoms with Crippen LogP contribution in [0, 0.1) is 0 Å². The van der Waals surface area contributed by atoms with E-state index in [1.54, 1.807) is 20.0 Å². The molecule has 3 N–H and O–H groups in total. The summed E-state index contributed by atoms with van der Waals surface area (Å²) in [7, 11) is 0. The Kier molecular flexibility index (Phi) is 11.0. The Bertz CT molecular complexity index is 955. The van der Waals surface area contributed by atoms with Crippen LogP contribution >= 0.6 is 0 Å². The van der Waals surface area contributed by atoms with Gasteiger partial charge in [-0.3, -0.25) is 4.79 Å². The summed E-state index contributed by atoms with van der Waals surface area (Å²) in [6.45, 7) is 14.0. The van der Waals surface area contributed by atoms with Crippen molar-refractivity contribution in [3.8, 4) is 0 Å². The van der Waals surface area contributed by atoms with Crippen molar-refractivity contribution in [1.29, 1.82) is 0 Å². The van der Waals surface area contributed by atoms with Crippen LogP contribution in [-0.2, 0) is 4.79 Å². The molecular formula is C26H36N4O. The molecule has 0 bridgehead atoms. The van der Waals surface area contributed by atoms with Crippen molar-refractivity contribution in [2.24, 2.45) is 5.73 Å². The van der Waals surface area contributed by atoms with Crippen LogP contribution in [0.5, 0.6) is 0 Å². The average molecular weight is 421 g/mol. The average Bonchev–Trinajstić information content (AvgIpc) is 2.75. The normalized spacial score (nSPS) is 14.7. The minimum atomic E-state index is -0.0889. The third-order valence-corrected chi connectivity index (χ3v) is 4.85. The van der Waals surface area contributed by atoms with Crippen LogP contribution < -0.4 is 11.1 Å². The lowest BCUT2D eigenvalue weighted by Gasteiger charge is -2.11. The van der Waals surface area contributed by atoms with Crippen LogP contribution in [0.1, 0.15) is 60.6 Å². The Balaban J connectivity index is 2.99. The molecule has 5 heteroatoms. The zero-order valence-electron chi connectivity index (χ0n) is 19.9. The summed E-state index contributed by atoms with van der Waals surface area (Å²) in [4.78, 5) is 21.7. The summed E-state index contributed by atoms with van der Waals surface area (Å²) in [5.74, 6) is 0.365. The molecule has 0 aliphatic heterocycles. The molecule has 0 unspecified atom stereocenters. The van der Waals surface area contributed by atoms with Crippen LogP contribution in [-0.4, -0.2) is 22.3 Å². The summed E-state index contributed by atoms with van der Waals surface area (Å²) < 4.78 is 0. The standard InChI is InChI=1S/C26H36N4O/c1-8-10-12-20(5)24-15-16-28-26(30-24)29-17-23(22(7)27)25(31)21(6)14-13-19(4)18(3)11-9-2/h8,10-16H,9,17,27H2,1-7H3,(H,28,29,30)/b10-8-,18-11+,19-13-,20-12+,21-14+,23-22-. The fourth-order valence-electron chi connectivity index (χ4n) is 2.72. The molecule has 0 radical (unpaired) electrons. The second-order valence-corrected chi connectivity index (χ2v) is 7.48. The molecule has 1 heterocycles. The molecule has 0 aromatic carbocycles. The summed E-state index contributed by atoms with van der Waals surface area (Å²) in [5.41, 5.74) is 11.8. The number of allylic oxidation sites excluding steroid dienone is 11. The van der Waals surface area contributed by atoms with E-state index in [0.29, 0.717) is 22.8 Å². The third kappa shape index (κ3) is 8.59. The molecule has 31 heavy (non-hydrogen) atoms. The number of hydrogen-bond donors (Lipinski definition) is 2. The fraction of sp³-hybridized carbons (Fsp3) is 0.346. The van der Waals surface area contributed by atoms with E-state index in [1.807, 2.05) is 57.2 Å². The first kappa shape index (κ1) is 25.8. The van der Waals surface area contributed by atoms with Gasteiger partial charge in [0.2, 0.25) is 5.95 Å². The highest BCUT2D eigenvalue weighted by atomic mass is 16.1. The molecule has 5 nitrogen and oxygen atoms in total. The number of aromatic nitrogens is 2. The van der Waals surface area contributed by atoms with Gasteiger partial charge in [-0.15, -0.1) is 0 Å². The largest absolute Gasteiger partial charge is 0.402 e. The smallest absolute Gasteiger partial charge is 0.223 e. The van der Waals surface area contributed by atoms with Gasteiger partial charge in [-0.05, 0) is 70.7 Å². The number of Topliss-reactive ketones (excluding diaryl/α,β-unsaturated/α-hetero) is 1. The molecule has 0 spiro atoms. The molecule has 166 valence electrons. The molecule has 1 aromatic rings. The summed E-state index contributed by atoms with van der Waals surface area (Å²) in [5, 5.41) is 3.14. The topological polar surface area (TPSA) is 80.9 Å². The van der Waals surface area contributed by atoms with Crippen molar-refractivity contribution in [2.45, 2.75) is 54.9 Å². The van der Waals surface area contributed by atoms with Crippen LogP contribution in [0.25, 0.3) is 5.57 Å². The Morgan fingerprint density at radius 2 is 1.74 bits per heavy atom. The van der Waals surface area contributed by atoms with E-state index >= 15 is 0 Å². The molecule has 0 aliphatic rings. The van der Waals surface area contributed by atoms with Gasteiger partial charge in [0.15, 0.2) is 5.78 Å². The Morgan fingerprint density at radius 1 is 1.06 bits per heavy atom. The van der Waals surface area contributed by atoms with Gasteiger partial charge in [-0.1, -0.05) is 49.0 Å². The molecule has 0 saturated carbocycles. The highest BCUT2D eigenvalue weighted by Crippen LogP contribution is 2.15. The van der Waals surface area contributed by atoms with Crippen LogP contribution in [0.3, 0.4) is 0 Å². The zero-order chi connectivity index (χ0) is 23.4. The first-order chi connectivity index (χ1) is 14.7. The second kappa shape index (κ2) is 13.2. The lowest BCUT2D eigenvalue weighted by molar-refractivity contribution is -0.112. The van der Waals surface area contributed by atoms with Gasteiger partial charge in [0.25, 0.3) is 0 Å². The maximum Gasteiger partial charge on any atom is 0.223 e. The molecule has 0 aliphatic carbocycles. The van der Waals surface area contributed by atoms with Gasteiger partial charge in [0.1, 0.15) is 0 Å². The number of anilines is 1. The van der Waals surface area contributed by atoms with Crippen LogP contribution in [0.2, 0.25) is 0 Å². The van der Waals surface area contributed by atoms with Gasteiger partial charge in [0.05, 0.1) is 5.69 Å². The highest BCUT2D eigenvalue weighted by Gasteiger charge is 2.14. The number of rotatable bonds is 10. The first-order valence-corrected chi connectivity index (χ1v) is 10.6. The first-order valence-electron chi connectivity index (χ1n) is 10.6. The molecule has 0 amide bonds. The van der Waals surface area contributed by atoms with Gasteiger partial charge in [-0.25, -0.2) is 9.97 Å². The lowest BCUT2D eigenvalue weighted by Crippen LogP contribution is -2.19. The van der Waals surface area contributed by atoms with Crippen molar-refractivity contribution < 1.29 is 4.79 Å². The van der Waals surface area contributed by atoms with Gasteiger partial charge in [-0.2, -0.15) is 0 Å². The van der Waals surface area contributed by atoms with E-state index in [0.717, 1.165) is 23.3 Å². The monoisotopic (exact) mass is 420 g/mol. The molecule has 1 aromatic heterocycles. The Hall–Kier alpha value is -3.21. The minimum absolute atomic E-state index is 0.0889. The molecule has 0 atom stereocenters. The second-order valence-electron chi connectivity index (χ2n) is 7.48. The number of hydrogen-bond acceptors (Lipinski definition) is 5. The number of ketones is 1. The Morgan fingerprint density at radius 3 is 2.35 bits per heavy atom. The van der Waals surface area contributed by atoms with Gasteiger partial charge in [0, 0.05) is 24.0 Å². The summed E-state index contributed by atoms with van der Waals surface area (Å²) >= 11 is 0. The third-order valence-electron chi connectivity index (χ3n) is 4.85. The number of nitrogens with zero attached hydrogens (tertiary/aromatic N) is 2. The van der Waals surface area contributed by atoms with E-state index in [9.17, 15) is 4.79 Å². The number of nitrogens with two attached hydrogens (primary N) is 1. The minimum Gasteiger partial charge on any atom is -0.402 e. The predicted molar refractivity (Wildman–Crippen MR) is 132 cm³/mol. The lowest BCUT2D eigenvalue weighted by atomic mass is 10.0. The maximum atomic E-state index is 13.0. The molecule has 1 rings (SSSR count). The summed E-state index contributed by atoms with van der Waals surface area (Å²) in [6.07, 6.45) is 14.6. The van der Waals surface area contributed by atoms with E-state index in [-0.39, 0.29) is 12.3 Å². The molecule has 0 fully saturated rings. The zero-order valence-corrected chi connectivity index (χ0v) is 19.9. The van der Waals surface area contributed by atoms with Crippen LogP contribution in [0.15, 0.2) is 76.7 Å². The van der Waals surface area contributed by atoms with Crippen molar-refractivity contribution in [2.75, 3.05) is 11.9 Å². The molecule has 0 saturated heterocycles. The van der Waals surface area contributed by atoms with E-state index in [2.05, 4.69) is 35.2 Å². The SMILES string of the molecule is C/C=C\C=C(/C)c1ccnc(NC/C(C(=O)/C(C)=C/C=C(C)\C(C)=C\CC)=C(\C)N)n1. The number of carbonyl (C=O) groups excluding carboxylic acids is 1. The van der Waals surface area contributed by atoms with E-state index in [4.69, 9.17) is 5.73 Å². The number of carbonyl (C=O) groups is 1. The van der Waals surface area contributed by atoms with Crippen molar-refractivity contribution in [3.05, 3.63) is 82.4 Å². The fourth-order valence-corrected chi connectivity index (χ4v) is 2.72. The number of nitrogens with one attached hydrogen (secondary N) is 1. The quantitative estimate of drug-likeness (QED) is 0.363. The molecular weight excluding hydrogens is 384 g/mol. The van der Waals surface area contributed by atoms with Gasteiger partial charge >= 0.3 is 0 Å². The van der Waals surface area contributed by atoms with Crippen molar-refractivity contribution in [3.63, 3.8) is 0 Å². The maximum absolute atomic E-state index is 13.0. The highest BCUT2D eigenvalue weighted by molar-refractivity contribution is 6.08. The summed E-state index contributed by atoms with van der Waals surface area (Å²) in [6, 6.07) is 1.85. The Labute approximate surface area is 187 Å². The van der Waals surface area contributed by atoms with E-state index in [1.165, 1.54) is 5.57 Å². The predicted octanol–water partition coefficient (Wildman–Crippen LogP) is 5.92. The van der Waals surface area contributed by atoms with Crippen LogP contribution in [0.4, 0.5) is 5.95 Å².